The molecule has 0 atom stereocenters. The topological polar surface area (TPSA) is 54.9 Å². The standard InChI is InChI=1S/C21H14ClN3O/c22-18-7-3-2-6-17(18)20-10-9-15(12-23-20)21(26)25-16-11-14-5-1-4-8-19(14)24-13-16/h1-13H,(H,25,26). The average Bonchev–Trinajstić information content (AvgIpc) is 2.68. The first-order valence-electron chi connectivity index (χ1n) is 8.08. The summed E-state index contributed by atoms with van der Waals surface area (Å²) in [4.78, 5) is 21.2. The third-order valence-electron chi connectivity index (χ3n) is 4.02. The van der Waals surface area contributed by atoms with Crippen LogP contribution in [0.1, 0.15) is 10.4 Å². The van der Waals surface area contributed by atoms with Crippen LogP contribution in [-0.4, -0.2) is 15.9 Å². The molecule has 0 aliphatic rings. The number of pyridine rings is 2. The number of rotatable bonds is 3. The summed E-state index contributed by atoms with van der Waals surface area (Å²) in [6.07, 6.45) is 3.19. The molecule has 4 aromatic rings. The van der Waals surface area contributed by atoms with E-state index < -0.39 is 0 Å². The summed E-state index contributed by atoms with van der Waals surface area (Å²) in [5.74, 6) is -0.236. The SMILES string of the molecule is O=C(Nc1cnc2ccccc2c1)c1ccc(-c2ccccc2Cl)nc1. The van der Waals surface area contributed by atoms with Gasteiger partial charge in [-0.05, 0) is 30.3 Å². The lowest BCUT2D eigenvalue weighted by Crippen LogP contribution is -2.12. The van der Waals surface area contributed by atoms with E-state index in [1.54, 1.807) is 24.5 Å². The number of amides is 1. The smallest absolute Gasteiger partial charge is 0.257 e. The molecule has 4 rings (SSSR count). The predicted octanol–water partition coefficient (Wildman–Crippen LogP) is 5.20. The molecule has 0 spiro atoms. The van der Waals surface area contributed by atoms with Crippen LogP contribution in [0.4, 0.5) is 5.69 Å². The number of halogens is 1. The Bertz CT molecular complexity index is 1090. The summed E-state index contributed by atoms with van der Waals surface area (Å²) >= 11 is 6.19. The van der Waals surface area contributed by atoms with Crippen molar-refractivity contribution in [3.05, 3.63) is 89.7 Å². The highest BCUT2D eigenvalue weighted by molar-refractivity contribution is 6.33. The minimum atomic E-state index is -0.236. The summed E-state index contributed by atoms with van der Waals surface area (Å²) in [7, 11) is 0. The van der Waals surface area contributed by atoms with Gasteiger partial charge in [0, 0.05) is 22.2 Å². The normalized spacial score (nSPS) is 10.7. The highest BCUT2D eigenvalue weighted by atomic mass is 35.5. The Hall–Kier alpha value is -3.24. The average molecular weight is 360 g/mol. The maximum absolute atomic E-state index is 12.5. The number of hydrogen-bond donors (Lipinski definition) is 1. The maximum atomic E-state index is 12.5. The van der Waals surface area contributed by atoms with Crippen molar-refractivity contribution in [2.45, 2.75) is 0 Å². The fraction of sp³-hybridized carbons (Fsp3) is 0. The fourth-order valence-electron chi connectivity index (χ4n) is 2.70. The van der Waals surface area contributed by atoms with Crippen LogP contribution < -0.4 is 5.32 Å². The maximum Gasteiger partial charge on any atom is 0.257 e. The summed E-state index contributed by atoms with van der Waals surface area (Å²) < 4.78 is 0. The zero-order chi connectivity index (χ0) is 17.9. The van der Waals surface area contributed by atoms with Crippen molar-refractivity contribution in [1.82, 2.24) is 9.97 Å². The monoisotopic (exact) mass is 359 g/mol. The zero-order valence-corrected chi connectivity index (χ0v) is 14.4. The van der Waals surface area contributed by atoms with E-state index in [-0.39, 0.29) is 5.91 Å². The number of nitrogens with one attached hydrogen (secondary N) is 1. The van der Waals surface area contributed by atoms with E-state index in [1.165, 1.54) is 0 Å². The molecule has 2 heterocycles. The van der Waals surface area contributed by atoms with Crippen molar-refractivity contribution in [1.29, 1.82) is 0 Å². The molecular weight excluding hydrogens is 346 g/mol. The van der Waals surface area contributed by atoms with Gasteiger partial charge in [0.25, 0.3) is 5.91 Å². The van der Waals surface area contributed by atoms with Gasteiger partial charge < -0.3 is 5.32 Å². The Balaban J connectivity index is 1.55. The molecule has 0 unspecified atom stereocenters. The molecule has 0 aliphatic heterocycles. The third kappa shape index (κ3) is 3.27. The number of hydrogen-bond acceptors (Lipinski definition) is 3. The van der Waals surface area contributed by atoms with Gasteiger partial charge in [0.2, 0.25) is 0 Å². The number of aromatic nitrogens is 2. The van der Waals surface area contributed by atoms with Crippen molar-refractivity contribution in [3.8, 4) is 11.3 Å². The molecule has 1 amide bonds. The first-order valence-corrected chi connectivity index (χ1v) is 8.45. The Kier molecular flexibility index (Phi) is 4.33. The summed E-state index contributed by atoms with van der Waals surface area (Å²) in [6, 6.07) is 20.6. The van der Waals surface area contributed by atoms with Gasteiger partial charge in [-0.15, -0.1) is 0 Å². The van der Waals surface area contributed by atoms with E-state index in [1.807, 2.05) is 54.6 Å². The second-order valence-electron chi connectivity index (χ2n) is 5.78. The van der Waals surface area contributed by atoms with Crippen LogP contribution >= 0.6 is 11.6 Å². The third-order valence-corrected chi connectivity index (χ3v) is 4.35. The van der Waals surface area contributed by atoms with Gasteiger partial charge in [-0.2, -0.15) is 0 Å². The lowest BCUT2D eigenvalue weighted by molar-refractivity contribution is 0.102. The van der Waals surface area contributed by atoms with Crippen LogP contribution in [0.2, 0.25) is 5.02 Å². The molecule has 1 N–H and O–H groups in total. The molecule has 0 saturated carbocycles. The van der Waals surface area contributed by atoms with E-state index in [4.69, 9.17) is 11.6 Å². The van der Waals surface area contributed by atoms with Crippen molar-refractivity contribution >= 4 is 34.1 Å². The number of anilines is 1. The van der Waals surface area contributed by atoms with E-state index in [9.17, 15) is 4.79 Å². The fourth-order valence-corrected chi connectivity index (χ4v) is 2.93. The molecule has 126 valence electrons. The lowest BCUT2D eigenvalue weighted by atomic mass is 10.1. The van der Waals surface area contributed by atoms with Crippen LogP contribution in [0, 0.1) is 0 Å². The largest absolute Gasteiger partial charge is 0.321 e. The molecule has 0 bridgehead atoms. The van der Waals surface area contributed by atoms with Gasteiger partial charge in [0.15, 0.2) is 0 Å². The highest BCUT2D eigenvalue weighted by Gasteiger charge is 2.09. The molecule has 5 heteroatoms. The van der Waals surface area contributed by atoms with Crippen LogP contribution in [0.3, 0.4) is 0 Å². The molecule has 0 fully saturated rings. The molecule has 4 nitrogen and oxygen atoms in total. The van der Waals surface area contributed by atoms with Crippen molar-refractivity contribution in [2.24, 2.45) is 0 Å². The number of carbonyl (C=O) groups is 1. The van der Waals surface area contributed by atoms with E-state index in [0.717, 1.165) is 22.2 Å². The molecule has 0 saturated heterocycles. The zero-order valence-electron chi connectivity index (χ0n) is 13.7. The quantitative estimate of drug-likeness (QED) is 0.546. The van der Waals surface area contributed by atoms with Crippen molar-refractivity contribution < 1.29 is 4.79 Å². The van der Waals surface area contributed by atoms with Gasteiger partial charge in [-0.25, -0.2) is 0 Å². The van der Waals surface area contributed by atoms with Gasteiger partial charge in [0.05, 0.1) is 28.7 Å². The Morgan fingerprint density at radius 2 is 1.69 bits per heavy atom. The summed E-state index contributed by atoms with van der Waals surface area (Å²) in [6.45, 7) is 0. The second kappa shape index (κ2) is 6.94. The van der Waals surface area contributed by atoms with E-state index >= 15 is 0 Å². The Morgan fingerprint density at radius 1 is 0.885 bits per heavy atom. The van der Waals surface area contributed by atoms with Crippen LogP contribution in [0.15, 0.2) is 79.1 Å². The molecule has 2 aromatic carbocycles. The number of benzene rings is 2. The summed E-state index contributed by atoms with van der Waals surface area (Å²) in [5, 5.41) is 4.45. The number of nitrogens with zero attached hydrogens (tertiary/aromatic N) is 2. The predicted molar refractivity (Wildman–Crippen MR) is 104 cm³/mol. The number of para-hydroxylation sites is 1. The Labute approximate surface area is 155 Å². The first kappa shape index (κ1) is 16.2. The van der Waals surface area contributed by atoms with Crippen LogP contribution in [0.25, 0.3) is 22.2 Å². The number of fused-ring (bicyclic) bond motifs is 1. The lowest BCUT2D eigenvalue weighted by Gasteiger charge is -2.07. The minimum Gasteiger partial charge on any atom is -0.321 e. The van der Waals surface area contributed by atoms with Gasteiger partial charge >= 0.3 is 0 Å². The van der Waals surface area contributed by atoms with Crippen molar-refractivity contribution in [3.63, 3.8) is 0 Å². The minimum absolute atomic E-state index is 0.236. The van der Waals surface area contributed by atoms with Gasteiger partial charge in [-0.3, -0.25) is 14.8 Å². The molecular formula is C21H14ClN3O. The van der Waals surface area contributed by atoms with Gasteiger partial charge in [0.1, 0.15) is 0 Å². The number of carbonyl (C=O) groups excluding carboxylic acids is 1. The van der Waals surface area contributed by atoms with E-state index in [0.29, 0.717) is 16.3 Å². The molecule has 26 heavy (non-hydrogen) atoms. The molecule has 2 aromatic heterocycles. The van der Waals surface area contributed by atoms with Gasteiger partial charge in [-0.1, -0.05) is 48.0 Å². The highest BCUT2D eigenvalue weighted by Crippen LogP contribution is 2.26. The molecule has 0 radical (unpaired) electrons. The van der Waals surface area contributed by atoms with Crippen LogP contribution in [0.5, 0.6) is 0 Å². The first-order chi connectivity index (χ1) is 12.7. The molecule has 0 aliphatic carbocycles. The Morgan fingerprint density at radius 3 is 2.50 bits per heavy atom. The van der Waals surface area contributed by atoms with Crippen LogP contribution in [-0.2, 0) is 0 Å². The second-order valence-corrected chi connectivity index (χ2v) is 6.19. The van der Waals surface area contributed by atoms with E-state index in [2.05, 4.69) is 15.3 Å². The van der Waals surface area contributed by atoms with Crippen molar-refractivity contribution in [2.75, 3.05) is 5.32 Å². The summed E-state index contributed by atoms with van der Waals surface area (Å²) in [5.41, 5.74) is 3.55.